The van der Waals surface area contributed by atoms with Crippen LogP contribution < -0.4 is 10.2 Å². The molecule has 1 aliphatic rings. The third-order valence-electron chi connectivity index (χ3n) is 6.89. The Labute approximate surface area is 232 Å². The van der Waals surface area contributed by atoms with Gasteiger partial charge in [0.05, 0.1) is 13.1 Å². The maximum atomic E-state index is 13.5. The van der Waals surface area contributed by atoms with Crippen molar-refractivity contribution in [1.29, 1.82) is 0 Å². The maximum absolute atomic E-state index is 13.5. The molecule has 0 atom stereocenters. The lowest BCUT2D eigenvalue weighted by atomic mass is 10.1. The number of aryl methyl sites for hydroxylation is 2. The van der Waals surface area contributed by atoms with Gasteiger partial charge in [0.1, 0.15) is 0 Å². The molecule has 4 rings (SSSR count). The van der Waals surface area contributed by atoms with Gasteiger partial charge >= 0.3 is 0 Å². The first-order valence-electron chi connectivity index (χ1n) is 13.2. The molecule has 0 spiro atoms. The Bertz CT molecular complexity index is 1250. The first-order chi connectivity index (χ1) is 18.2. The van der Waals surface area contributed by atoms with Gasteiger partial charge < -0.3 is 14.7 Å². The van der Waals surface area contributed by atoms with Crippen LogP contribution in [-0.4, -0.2) is 58.7 Å². The van der Waals surface area contributed by atoms with Crippen molar-refractivity contribution in [3.8, 4) is 11.4 Å². The normalized spacial score (nSPS) is 12.7. The van der Waals surface area contributed by atoms with Crippen molar-refractivity contribution >= 4 is 17.5 Å². The van der Waals surface area contributed by atoms with Gasteiger partial charge in [-0.05, 0) is 48.4 Å². The molecule has 210 valence electrons. The van der Waals surface area contributed by atoms with Crippen molar-refractivity contribution in [1.82, 2.24) is 25.5 Å². The molecule has 9 heteroatoms. The zero-order chi connectivity index (χ0) is 27.2. The molecule has 2 heterocycles. The minimum Gasteiger partial charge on any atom is -0.355 e. The molecule has 2 aromatic carbocycles. The fourth-order valence-corrected chi connectivity index (χ4v) is 4.65. The molecule has 1 aromatic heterocycles. The zero-order valence-electron chi connectivity index (χ0n) is 23.0. The van der Waals surface area contributed by atoms with Gasteiger partial charge in [0.15, 0.2) is 0 Å². The Kier molecular flexibility index (Phi) is 10.2. The van der Waals surface area contributed by atoms with Gasteiger partial charge in [-0.2, -0.15) is 4.98 Å². The Morgan fingerprint density at radius 2 is 1.77 bits per heavy atom. The summed E-state index contributed by atoms with van der Waals surface area (Å²) in [6.45, 7) is 10.2. The predicted molar refractivity (Wildman–Crippen MR) is 154 cm³/mol. The number of fused-ring (bicyclic) bond motifs is 1. The Balaban J connectivity index is 0.00000420. The standard InChI is InChI=1S/C29H38N6O3.CH4/c1-20(2)9-8-14-30-27(36)18-34(26-15-23(13-12-21(26)3)29-31-22(4)38-32-29)19-28(37)33(5)35-16-24-10-6-7-11-25(24)17-35;/h6-7,10-13,15,20H,8-9,14,16-19H2,1-5H3,(H,30,36);1H4. The highest BCUT2D eigenvalue weighted by Crippen LogP contribution is 2.28. The molecule has 1 N–H and O–H groups in total. The number of amides is 2. The lowest BCUT2D eigenvalue weighted by molar-refractivity contribution is -0.145. The minimum absolute atomic E-state index is 0. The molecule has 2 amide bonds. The predicted octanol–water partition coefficient (Wildman–Crippen LogP) is 4.74. The summed E-state index contributed by atoms with van der Waals surface area (Å²) in [6, 6.07) is 14.0. The monoisotopic (exact) mass is 534 g/mol. The van der Waals surface area contributed by atoms with E-state index in [2.05, 4.69) is 41.4 Å². The van der Waals surface area contributed by atoms with Crippen molar-refractivity contribution in [3.63, 3.8) is 0 Å². The number of hydrogen-bond acceptors (Lipinski definition) is 7. The molecule has 0 saturated carbocycles. The van der Waals surface area contributed by atoms with E-state index in [0.717, 1.165) is 29.7 Å². The third kappa shape index (κ3) is 7.66. The second-order valence-electron chi connectivity index (χ2n) is 10.4. The largest absolute Gasteiger partial charge is 0.355 e. The van der Waals surface area contributed by atoms with Crippen LogP contribution in [0.1, 0.15) is 56.7 Å². The van der Waals surface area contributed by atoms with E-state index < -0.39 is 0 Å². The number of anilines is 1. The van der Waals surface area contributed by atoms with Crippen LogP contribution >= 0.6 is 0 Å². The number of hydrogen-bond donors (Lipinski definition) is 1. The number of nitrogens with zero attached hydrogens (tertiary/aromatic N) is 5. The summed E-state index contributed by atoms with van der Waals surface area (Å²) < 4.78 is 5.16. The van der Waals surface area contributed by atoms with E-state index in [1.54, 1.807) is 19.0 Å². The highest BCUT2D eigenvalue weighted by molar-refractivity contribution is 5.87. The average molecular weight is 535 g/mol. The quantitative estimate of drug-likeness (QED) is 0.355. The summed E-state index contributed by atoms with van der Waals surface area (Å²) in [5.41, 5.74) is 4.95. The van der Waals surface area contributed by atoms with Gasteiger partial charge in [-0.25, -0.2) is 5.01 Å². The molecule has 0 saturated heterocycles. The molecule has 0 fully saturated rings. The molecule has 0 bridgehead atoms. The Hall–Kier alpha value is -3.72. The van der Waals surface area contributed by atoms with E-state index >= 15 is 0 Å². The first-order valence-corrected chi connectivity index (χ1v) is 13.2. The number of carbonyl (C=O) groups is 2. The van der Waals surface area contributed by atoms with E-state index in [1.807, 2.05) is 47.2 Å². The number of rotatable bonds is 11. The Morgan fingerprint density at radius 3 is 2.38 bits per heavy atom. The summed E-state index contributed by atoms with van der Waals surface area (Å²) in [5, 5.41) is 10.8. The second-order valence-corrected chi connectivity index (χ2v) is 10.4. The molecular weight excluding hydrogens is 492 g/mol. The van der Waals surface area contributed by atoms with Crippen LogP contribution in [0.15, 0.2) is 47.0 Å². The molecule has 0 aliphatic carbocycles. The highest BCUT2D eigenvalue weighted by Gasteiger charge is 2.27. The smallest absolute Gasteiger partial charge is 0.256 e. The number of nitrogens with one attached hydrogen (secondary N) is 1. The van der Waals surface area contributed by atoms with Crippen molar-refractivity contribution in [3.05, 3.63) is 65.0 Å². The molecule has 9 nitrogen and oxygen atoms in total. The van der Waals surface area contributed by atoms with Crippen molar-refractivity contribution in [2.24, 2.45) is 5.92 Å². The maximum Gasteiger partial charge on any atom is 0.256 e. The van der Waals surface area contributed by atoms with Gasteiger partial charge in [0.2, 0.25) is 17.6 Å². The molecule has 3 aromatic rings. The molecule has 39 heavy (non-hydrogen) atoms. The highest BCUT2D eigenvalue weighted by atomic mass is 16.5. The van der Waals surface area contributed by atoms with Crippen molar-refractivity contribution in [2.75, 3.05) is 31.6 Å². The molecule has 1 aliphatic heterocycles. The average Bonchev–Trinajstić information content (AvgIpc) is 3.52. The van der Waals surface area contributed by atoms with E-state index in [9.17, 15) is 9.59 Å². The third-order valence-corrected chi connectivity index (χ3v) is 6.89. The lowest BCUT2D eigenvalue weighted by Gasteiger charge is -2.32. The summed E-state index contributed by atoms with van der Waals surface area (Å²) in [7, 11) is 1.80. The van der Waals surface area contributed by atoms with Gasteiger partial charge in [-0.1, -0.05) is 62.8 Å². The SMILES string of the molecule is C.Cc1nc(-c2ccc(C)c(N(CC(=O)NCCCC(C)C)CC(=O)N(C)N3Cc4ccccc4C3)c2)no1. The van der Waals surface area contributed by atoms with Crippen LogP contribution in [0.5, 0.6) is 0 Å². The summed E-state index contributed by atoms with van der Waals surface area (Å²) in [4.78, 5) is 32.7. The summed E-state index contributed by atoms with van der Waals surface area (Å²) in [6.07, 6.45) is 1.98. The fourth-order valence-electron chi connectivity index (χ4n) is 4.65. The Morgan fingerprint density at radius 1 is 1.08 bits per heavy atom. The zero-order valence-corrected chi connectivity index (χ0v) is 23.0. The minimum atomic E-state index is -0.113. The first kappa shape index (κ1) is 29.8. The number of benzene rings is 2. The van der Waals surface area contributed by atoms with Crippen LogP contribution in [0.2, 0.25) is 0 Å². The van der Waals surface area contributed by atoms with E-state index in [0.29, 0.717) is 37.3 Å². The van der Waals surface area contributed by atoms with Gasteiger partial charge in [0, 0.05) is 44.9 Å². The fraction of sp³-hybridized carbons (Fsp3) is 0.467. The lowest BCUT2D eigenvalue weighted by Crippen LogP contribution is -2.48. The van der Waals surface area contributed by atoms with Crippen LogP contribution in [-0.2, 0) is 22.7 Å². The van der Waals surface area contributed by atoms with Gasteiger partial charge in [-0.15, -0.1) is 0 Å². The molecule has 0 radical (unpaired) electrons. The molecular formula is C30H42N6O3. The van der Waals surface area contributed by atoms with Crippen LogP contribution in [0.4, 0.5) is 5.69 Å². The van der Waals surface area contributed by atoms with Crippen molar-refractivity contribution < 1.29 is 14.1 Å². The van der Waals surface area contributed by atoms with Crippen LogP contribution in [0.25, 0.3) is 11.4 Å². The topological polar surface area (TPSA) is 94.8 Å². The summed E-state index contributed by atoms with van der Waals surface area (Å²) in [5.74, 6) is 1.33. The number of aromatic nitrogens is 2. The van der Waals surface area contributed by atoms with Gasteiger partial charge in [-0.3, -0.25) is 14.6 Å². The van der Waals surface area contributed by atoms with E-state index in [1.165, 1.54) is 11.1 Å². The van der Waals surface area contributed by atoms with Crippen LogP contribution in [0.3, 0.4) is 0 Å². The number of carbonyl (C=O) groups excluding carboxylic acids is 2. The number of hydrazine groups is 1. The second kappa shape index (κ2) is 13.4. The van der Waals surface area contributed by atoms with E-state index in [4.69, 9.17) is 4.52 Å². The van der Waals surface area contributed by atoms with Crippen molar-refractivity contribution in [2.45, 2.75) is 61.1 Å². The van der Waals surface area contributed by atoms with E-state index in [-0.39, 0.29) is 32.3 Å². The summed E-state index contributed by atoms with van der Waals surface area (Å²) >= 11 is 0. The number of likely N-dealkylation sites (N-methyl/N-ethyl adjacent to an activating group) is 1. The van der Waals surface area contributed by atoms with Crippen LogP contribution in [0, 0.1) is 19.8 Å². The molecule has 0 unspecified atom stereocenters. The van der Waals surface area contributed by atoms with Gasteiger partial charge in [0.25, 0.3) is 5.91 Å².